The Kier molecular flexibility index (Phi) is 3.32. The highest BCUT2D eigenvalue weighted by atomic mass is 35.5. The number of hydrogen-bond acceptors (Lipinski definition) is 2. The summed E-state index contributed by atoms with van der Waals surface area (Å²) >= 11 is 12.1. The Balaban J connectivity index is 2.53. The third kappa shape index (κ3) is 2.13. The number of methoxy groups -OCH3 is 1. The molecule has 0 spiro atoms. The summed E-state index contributed by atoms with van der Waals surface area (Å²) in [6, 6.07) is 9.24. The Bertz CT molecular complexity index is 477. The van der Waals surface area contributed by atoms with E-state index < -0.39 is 0 Å². The van der Waals surface area contributed by atoms with Crippen molar-refractivity contribution in [2.24, 2.45) is 0 Å². The lowest BCUT2D eigenvalue weighted by molar-refractivity contribution is 0.415. The third-order valence-corrected chi connectivity index (χ3v) is 2.72. The number of nitrogens with zero attached hydrogens (tertiary/aromatic N) is 1. The molecular formula is C12H9Cl2NO. The van der Waals surface area contributed by atoms with Gasteiger partial charge in [-0.15, -0.1) is 0 Å². The van der Waals surface area contributed by atoms with Crippen LogP contribution in [0.1, 0.15) is 0 Å². The van der Waals surface area contributed by atoms with Gasteiger partial charge >= 0.3 is 0 Å². The van der Waals surface area contributed by atoms with Crippen molar-refractivity contribution >= 4 is 23.2 Å². The summed E-state index contributed by atoms with van der Waals surface area (Å²) in [4.78, 5) is 4.23. The molecule has 0 unspecified atom stereocenters. The summed E-state index contributed by atoms with van der Waals surface area (Å²) in [6.07, 6.45) is 1.72. The molecule has 2 aromatic rings. The first-order chi connectivity index (χ1) is 7.72. The highest BCUT2D eigenvalue weighted by molar-refractivity contribution is 6.37. The molecule has 0 aliphatic heterocycles. The Morgan fingerprint density at radius 1 is 1.12 bits per heavy atom. The van der Waals surface area contributed by atoms with Gasteiger partial charge in [0.25, 0.3) is 0 Å². The number of ether oxygens (including phenoxy) is 1. The van der Waals surface area contributed by atoms with E-state index in [9.17, 15) is 0 Å². The summed E-state index contributed by atoms with van der Waals surface area (Å²) in [6.45, 7) is 0. The zero-order valence-corrected chi connectivity index (χ0v) is 10.1. The topological polar surface area (TPSA) is 22.1 Å². The molecule has 0 bridgehead atoms. The van der Waals surface area contributed by atoms with Gasteiger partial charge in [-0.3, -0.25) is 4.98 Å². The highest BCUT2D eigenvalue weighted by Crippen LogP contribution is 2.36. The van der Waals surface area contributed by atoms with Gasteiger partial charge in [-0.2, -0.15) is 0 Å². The maximum absolute atomic E-state index is 6.05. The zero-order valence-electron chi connectivity index (χ0n) is 8.58. The van der Waals surface area contributed by atoms with E-state index in [2.05, 4.69) is 4.98 Å². The van der Waals surface area contributed by atoms with Crippen molar-refractivity contribution in [3.8, 4) is 17.0 Å². The number of aromatic nitrogens is 1. The van der Waals surface area contributed by atoms with Crippen LogP contribution in [0.3, 0.4) is 0 Å². The molecule has 4 heteroatoms. The average molecular weight is 254 g/mol. The lowest BCUT2D eigenvalue weighted by Crippen LogP contribution is -1.88. The van der Waals surface area contributed by atoms with Gasteiger partial charge in [-0.1, -0.05) is 29.3 Å². The lowest BCUT2D eigenvalue weighted by atomic mass is 10.1. The van der Waals surface area contributed by atoms with Crippen molar-refractivity contribution < 1.29 is 4.74 Å². The Labute approximate surface area is 104 Å². The van der Waals surface area contributed by atoms with Crippen LogP contribution >= 0.6 is 23.2 Å². The van der Waals surface area contributed by atoms with Gasteiger partial charge in [-0.05, 0) is 24.3 Å². The third-order valence-electron chi connectivity index (χ3n) is 2.16. The highest BCUT2D eigenvalue weighted by Gasteiger charge is 2.09. The first kappa shape index (κ1) is 11.2. The van der Waals surface area contributed by atoms with Crippen molar-refractivity contribution in [2.75, 3.05) is 7.11 Å². The molecule has 0 saturated heterocycles. The van der Waals surface area contributed by atoms with Crippen LogP contribution in [-0.2, 0) is 0 Å². The van der Waals surface area contributed by atoms with Crippen molar-refractivity contribution in [3.05, 3.63) is 46.6 Å². The lowest BCUT2D eigenvalue weighted by Gasteiger charge is -2.08. The van der Waals surface area contributed by atoms with E-state index in [0.29, 0.717) is 15.8 Å². The van der Waals surface area contributed by atoms with Gasteiger partial charge in [0, 0.05) is 11.8 Å². The first-order valence-electron chi connectivity index (χ1n) is 4.67. The Morgan fingerprint density at radius 3 is 2.31 bits per heavy atom. The molecule has 0 aliphatic rings. The van der Waals surface area contributed by atoms with Crippen LogP contribution in [-0.4, -0.2) is 12.1 Å². The van der Waals surface area contributed by atoms with E-state index in [1.165, 1.54) is 7.11 Å². The summed E-state index contributed by atoms with van der Waals surface area (Å²) in [5.74, 6) is 0.489. The molecule has 16 heavy (non-hydrogen) atoms. The second-order valence-corrected chi connectivity index (χ2v) is 4.00. The van der Waals surface area contributed by atoms with E-state index in [1.54, 1.807) is 18.3 Å². The van der Waals surface area contributed by atoms with Crippen LogP contribution in [0, 0.1) is 0 Å². The monoisotopic (exact) mass is 253 g/mol. The number of benzene rings is 1. The molecule has 0 atom stereocenters. The second-order valence-electron chi connectivity index (χ2n) is 3.19. The standard InChI is InChI=1S/C12H9Cl2NO/c1-16-12-9(13)6-8(7-10(12)14)11-4-2-3-5-15-11/h2-7H,1H3. The maximum Gasteiger partial charge on any atom is 0.156 e. The van der Waals surface area contributed by atoms with Gasteiger partial charge in [0.1, 0.15) is 0 Å². The minimum absolute atomic E-state index is 0.482. The minimum atomic E-state index is 0.482. The van der Waals surface area contributed by atoms with E-state index in [1.807, 2.05) is 18.2 Å². The molecule has 0 aliphatic carbocycles. The average Bonchev–Trinajstić information content (AvgIpc) is 2.30. The van der Waals surface area contributed by atoms with Crippen LogP contribution < -0.4 is 4.74 Å². The molecule has 82 valence electrons. The van der Waals surface area contributed by atoms with Crippen LogP contribution in [0.5, 0.6) is 5.75 Å². The predicted octanol–water partition coefficient (Wildman–Crippen LogP) is 4.06. The molecule has 0 amide bonds. The fraction of sp³-hybridized carbons (Fsp3) is 0.0833. The Hall–Kier alpha value is -1.25. The van der Waals surface area contributed by atoms with Crippen LogP contribution in [0.15, 0.2) is 36.5 Å². The molecule has 1 heterocycles. The molecule has 1 aromatic heterocycles. The van der Waals surface area contributed by atoms with Crippen molar-refractivity contribution in [3.63, 3.8) is 0 Å². The molecule has 0 fully saturated rings. The second kappa shape index (κ2) is 4.73. The summed E-state index contributed by atoms with van der Waals surface area (Å²) in [7, 11) is 1.54. The SMILES string of the molecule is COc1c(Cl)cc(-c2ccccn2)cc1Cl. The molecule has 1 aromatic carbocycles. The number of rotatable bonds is 2. The smallest absolute Gasteiger partial charge is 0.156 e. The van der Waals surface area contributed by atoms with Crippen molar-refractivity contribution in [1.29, 1.82) is 0 Å². The van der Waals surface area contributed by atoms with Gasteiger partial charge in [0.15, 0.2) is 5.75 Å². The number of pyridine rings is 1. The van der Waals surface area contributed by atoms with E-state index in [-0.39, 0.29) is 0 Å². The predicted molar refractivity (Wildman–Crippen MR) is 66.2 cm³/mol. The molecule has 2 nitrogen and oxygen atoms in total. The van der Waals surface area contributed by atoms with Crippen molar-refractivity contribution in [2.45, 2.75) is 0 Å². The number of hydrogen-bond donors (Lipinski definition) is 0. The maximum atomic E-state index is 6.05. The summed E-state index contributed by atoms with van der Waals surface area (Å²) in [5, 5.41) is 0.964. The number of halogens is 2. The first-order valence-corrected chi connectivity index (χ1v) is 5.42. The summed E-state index contributed by atoms with van der Waals surface area (Å²) < 4.78 is 5.08. The van der Waals surface area contributed by atoms with Crippen LogP contribution in [0.4, 0.5) is 0 Å². The minimum Gasteiger partial charge on any atom is -0.494 e. The van der Waals surface area contributed by atoms with E-state index in [0.717, 1.165) is 11.3 Å². The molecular weight excluding hydrogens is 245 g/mol. The molecule has 0 radical (unpaired) electrons. The van der Waals surface area contributed by atoms with Gasteiger partial charge < -0.3 is 4.74 Å². The normalized spacial score (nSPS) is 10.2. The molecule has 0 N–H and O–H groups in total. The Morgan fingerprint density at radius 2 is 1.81 bits per heavy atom. The quantitative estimate of drug-likeness (QED) is 0.806. The fourth-order valence-corrected chi connectivity index (χ4v) is 2.08. The largest absolute Gasteiger partial charge is 0.494 e. The molecule has 0 saturated carbocycles. The van der Waals surface area contributed by atoms with Gasteiger partial charge in [0.2, 0.25) is 0 Å². The van der Waals surface area contributed by atoms with Crippen LogP contribution in [0.2, 0.25) is 10.0 Å². The molecule has 2 rings (SSSR count). The summed E-state index contributed by atoms with van der Waals surface area (Å²) in [5.41, 5.74) is 1.70. The van der Waals surface area contributed by atoms with E-state index in [4.69, 9.17) is 27.9 Å². The van der Waals surface area contributed by atoms with Gasteiger partial charge in [0.05, 0.1) is 22.8 Å². The van der Waals surface area contributed by atoms with Crippen LogP contribution in [0.25, 0.3) is 11.3 Å². The van der Waals surface area contributed by atoms with E-state index >= 15 is 0 Å². The van der Waals surface area contributed by atoms with Gasteiger partial charge in [-0.25, -0.2) is 0 Å². The zero-order chi connectivity index (χ0) is 11.5. The van der Waals surface area contributed by atoms with Crippen molar-refractivity contribution in [1.82, 2.24) is 4.98 Å². The fourth-order valence-electron chi connectivity index (χ4n) is 1.44.